The average molecular weight is 387 g/mol. The van der Waals surface area contributed by atoms with Crippen LogP contribution in [-0.2, 0) is 14.6 Å². The first-order chi connectivity index (χ1) is 12.5. The normalized spacial score (nSPS) is 23.3. The van der Waals surface area contributed by atoms with Gasteiger partial charge in [-0.05, 0) is 49.1 Å². The Hall–Kier alpha value is -1.82. The summed E-state index contributed by atoms with van der Waals surface area (Å²) in [5.41, 5.74) is 1.03. The molecule has 1 aliphatic heterocycles. The lowest BCUT2D eigenvalue weighted by Gasteiger charge is -2.16. The topological polar surface area (TPSA) is 43.4 Å². The second-order valence-electron chi connectivity index (χ2n) is 6.27. The molecular weight excluding hydrogens is 364 g/mol. The van der Waals surface area contributed by atoms with E-state index in [4.69, 9.17) is 4.74 Å². The van der Waals surface area contributed by atoms with E-state index in [0.717, 1.165) is 10.5 Å². The van der Waals surface area contributed by atoms with E-state index >= 15 is 0 Å². The molecule has 3 nitrogen and oxygen atoms in total. The summed E-state index contributed by atoms with van der Waals surface area (Å²) >= 11 is 1.55. The Labute approximate surface area is 159 Å². The van der Waals surface area contributed by atoms with E-state index < -0.39 is 21.2 Å². The van der Waals surface area contributed by atoms with Crippen LogP contribution >= 0.6 is 11.8 Å². The molecule has 3 atom stereocenters. The van der Waals surface area contributed by atoms with Crippen LogP contribution < -0.4 is 0 Å². The Kier molecular flexibility index (Phi) is 6.01. The van der Waals surface area contributed by atoms with Crippen LogP contribution in [0.1, 0.15) is 12.0 Å². The molecule has 1 aliphatic rings. The molecule has 0 unspecified atom stereocenters. The first-order valence-electron chi connectivity index (χ1n) is 8.47. The van der Waals surface area contributed by atoms with Gasteiger partial charge >= 0.3 is 0 Å². The Morgan fingerprint density at radius 2 is 1.81 bits per heavy atom. The molecule has 0 amide bonds. The van der Waals surface area contributed by atoms with Crippen molar-refractivity contribution < 1.29 is 13.2 Å². The van der Waals surface area contributed by atoms with Gasteiger partial charge in [0.15, 0.2) is 9.84 Å². The highest BCUT2D eigenvalue weighted by Crippen LogP contribution is 2.33. The highest BCUT2D eigenvalue weighted by atomic mass is 32.2. The monoisotopic (exact) mass is 386 g/mol. The highest BCUT2D eigenvalue weighted by Gasteiger charge is 2.41. The van der Waals surface area contributed by atoms with E-state index in [1.807, 2.05) is 60.9 Å². The minimum atomic E-state index is -3.48. The standard InChI is InChI=1S/C21H22O3S2/c1-3-17-15-21(26(22,23)19-11-9-16(2)10-12-19)20(24-17)13-14-25-18-7-5-4-6-8-18/h3-14,17,20-21H,1,15H2,2H3/b14-13-/t17-,20+,21+/m0/s1. The van der Waals surface area contributed by atoms with E-state index in [1.165, 1.54) is 0 Å². The fourth-order valence-electron chi connectivity index (χ4n) is 2.93. The predicted octanol–water partition coefficient (Wildman–Crippen LogP) is 4.79. The largest absolute Gasteiger partial charge is 0.365 e. The van der Waals surface area contributed by atoms with Gasteiger partial charge < -0.3 is 4.74 Å². The number of rotatable bonds is 6. The van der Waals surface area contributed by atoms with Crippen molar-refractivity contribution >= 4 is 21.6 Å². The maximum atomic E-state index is 13.1. The van der Waals surface area contributed by atoms with Gasteiger partial charge in [0.25, 0.3) is 0 Å². The van der Waals surface area contributed by atoms with E-state index in [-0.39, 0.29) is 6.10 Å². The molecule has 2 aromatic carbocycles. The van der Waals surface area contributed by atoms with Crippen molar-refractivity contribution in [2.24, 2.45) is 0 Å². The van der Waals surface area contributed by atoms with Gasteiger partial charge in [0.1, 0.15) is 0 Å². The molecule has 1 saturated heterocycles. The lowest BCUT2D eigenvalue weighted by molar-refractivity contribution is 0.101. The van der Waals surface area contributed by atoms with Crippen molar-refractivity contribution in [2.45, 2.75) is 40.6 Å². The molecule has 3 rings (SSSR count). The number of thioether (sulfide) groups is 1. The van der Waals surface area contributed by atoms with Gasteiger partial charge in [-0.2, -0.15) is 0 Å². The maximum absolute atomic E-state index is 13.1. The van der Waals surface area contributed by atoms with E-state index in [9.17, 15) is 8.42 Å². The molecule has 5 heteroatoms. The number of hydrogen-bond acceptors (Lipinski definition) is 4. The molecule has 136 valence electrons. The number of aryl methyl sites for hydroxylation is 1. The fourth-order valence-corrected chi connectivity index (χ4v) is 5.45. The van der Waals surface area contributed by atoms with Crippen LogP contribution in [0.4, 0.5) is 0 Å². The van der Waals surface area contributed by atoms with Gasteiger partial charge in [-0.3, -0.25) is 0 Å². The molecule has 2 aromatic rings. The lowest BCUT2D eigenvalue weighted by atomic mass is 10.2. The molecule has 0 aliphatic carbocycles. The third kappa shape index (κ3) is 4.29. The Morgan fingerprint density at radius 1 is 1.12 bits per heavy atom. The zero-order valence-electron chi connectivity index (χ0n) is 14.6. The smallest absolute Gasteiger partial charge is 0.184 e. The van der Waals surface area contributed by atoms with Crippen LogP contribution in [0.15, 0.2) is 88.5 Å². The SMILES string of the molecule is C=C[C@H]1C[C@@H](S(=O)(=O)c2ccc(C)cc2)[C@@H](/C=C\Sc2ccccc2)O1. The third-order valence-corrected chi connectivity index (χ3v) is 7.41. The quantitative estimate of drug-likeness (QED) is 0.529. The summed E-state index contributed by atoms with van der Waals surface area (Å²) in [5, 5.41) is 1.30. The zero-order valence-corrected chi connectivity index (χ0v) is 16.2. The molecule has 0 bridgehead atoms. The number of benzene rings is 2. The number of hydrogen-bond donors (Lipinski definition) is 0. The average Bonchev–Trinajstić information content (AvgIpc) is 3.07. The third-order valence-electron chi connectivity index (χ3n) is 4.39. The molecule has 1 heterocycles. The summed E-state index contributed by atoms with van der Waals surface area (Å²) in [6.07, 6.45) is 3.20. The number of ether oxygens (including phenoxy) is 1. The van der Waals surface area contributed by atoms with E-state index in [0.29, 0.717) is 11.3 Å². The molecule has 26 heavy (non-hydrogen) atoms. The first kappa shape index (κ1) is 19.0. The van der Waals surface area contributed by atoms with Gasteiger partial charge in [-0.15, -0.1) is 6.58 Å². The Balaban J connectivity index is 1.81. The summed E-state index contributed by atoms with van der Waals surface area (Å²) < 4.78 is 32.1. The van der Waals surface area contributed by atoms with Crippen LogP contribution in [0, 0.1) is 6.92 Å². The summed E-state index contributed by atoms with van der Waals surface area (Å²) in [6, 6.07) is 16.9. The molecule has 0 radical (unpaired) electrons. The molecule has 0 saturated carbocycles. The summed E-state index contributed by atoms with van der Waals surface area (Å²) in [6.45, 7) is 5.70. The van der Waals surface area contributed by atoms with E-state index in [2.05, 4.69) is 6.58 Å². The molecule has 0 spiro atoms. The van der Waals surface area contributed by atoms with Crippen molar-refractivity contribution in [3.05, 3.63) is 84.3 Å². The van der Waals surface area contributed by atoms with Crippen LogP contribution in [0.5, 0.6) is 0 Å². The zero-order chi connectivity index (χ0) is 18.6. The van der Waals surface area contributed by atoms with Crippen molar-refractivity contribution in [3.63, 3.8) is 0 Å². The number of sulfone groups is 1. The highest BCUT2D eigenvalue weighted by molar-refractivity contribution is 8.02. The van der Waals surface area contributed by atoms with Crippen LogP contribution in [0.3, 0.4) is 0 Å². The van der Waals surface area contributed by atoms with Gasteiger partial charge in [0, 0.05) is 4.90 Å². The fraction of sp³-hybridized carbons (Fsp3) is 0.238. The molecule has 0 N–H and O–H groups in total. The van der Waals surface area contributed by atoms with E-state index in [1.54, 1.807) is 30.0 Å². The maximum Gasteiger partial charge on any atom is 0.184 e. The van der Waals surface area contributed by atoms with Gasteiger partial charge in [-0.1, -0.05) is 53.7 Å². The van der Waals surface area contributed by atoms with Crippen LogP contribution in [0.25, 0.3) is 0 Å². The van der Waals surface area contributed by atoms with Crippen molar-refractivity contribution in [3.8, 4) is 0 Å². The first-order valence-corrected chi connectivity index (χ1v) is 10.9. The molecule has 1 fully saturated rings. The predicted molar refractivity (Wildman–Crippen MR) is 107 cm³/mol. The minimum absolute atomic E-state index is 0.253. The summed E-state index contributed by atoms with van der Waals surface area (Å²) in [7, 11) is -3.48. The minimum Gasteiger partial charge on any atom is -0.365 e. The van der Waals surface area contributed by atoms with Gasteiger partial charge in [0.2, 0.25) is 0 Å². The second kappa shape index (κ2) is 8.25. The summed E-state index contributed by atoms with van der Waals surface area (Å²) in [5.74, 6) is 0. The van der Waals surface area contributed by atoms with Gasteiger partial charge in [-0.25, -0.2) is 8.42 Å². The van der Waals surface area contributed by atoms with Crippen molar-refractivity contribution in [1.29, 1.82) is 0 Å². The lowest BCUT2D eigenvalue weighted by Crippen LogP contribution is -2.28. The van der Waals surface area contributed by atoms with Crippen molar-refractivity contribution in [2.75, 3.05) is 0 Å². The van der Waals surface area contributed by atoms with Crippen LogP contribution in [0.2, 0.25) is 0 Å². The Bertz CT molecular complexity index is 871. The summed E-state index contributed by atoms with van der Waals surface area (Å²) in [4.78, 5) is 1.44. The van der Waals surface area contributed by atoms with Crippen molar-refractivity contribution in [1.82, 2.24) is 0 Å². The van der Waals surface area contributed by atoms with Crippen LogP contribution in [-0.4, -0.2) is 25.9 Å². The Morgan fingerprint density at radius 3 is 2.46 bits per heavy atom. The second-order valence-corrected chi connectivity index (χ2v) is 9.41. The van der Waals surface area contributed by atoms with Gasteiger partial charge in [0.05, 0.1) is 22.4 Å². The molecule has 0 aromatic heterocycles. The molecular formula is C21H22O3S2.